The molecule has 1 N–H and O–H groups in total. The minimum absolute atomic E-state index is 0.00846. The zero-order valence-corrected chi connectivity index (χ0v) is 10.1. The Labute approximate surface area is 105 Å². The Morgan fingerprint density at radius 1 is 1.39 bits per heavy atom. The summed E-state index contributed by atoms with van der Waals surface area (Å²) in [5, 5.41) is 3.20. The molecule has 1 aliphatic rings. The molecule has 0 aliphatic carbocycles. The van der Waals surface area contributed by atoms with Gasteiger partial charge in [-0.05, 0) is 18.1 Å². The van der Waals surface area contributed by atoms with Gasteiger partial charge in [0.25, 0.3) is 5.56 Å². The van der Waals surface area contributed by atoms with Crippen molar-refractivity contribution in [2.24, 2.45) is 5.92 Å². The summed E-state index contributed by atoms with van der Waals surface area (Å²) in [6.45, 7) is 3.69. The summed E-state index contributed by atoms with van der Waals surface area (Å²) < 4.78 is 1.69. The van der Waals surface area contributed by atoms with Gasteiger partial charge in [0.1, 0.15) is 0 Å². The Morgan fingerprint density at radius 2 is 2.17 bits per heavy atom. The topological polar surface area (TPSA) is 59.8 Å². The van der Waals surface area contributed by atoms with Crippen molar-refractivity contribution >= 4 is 5.95 Å². The predicted octanol–water partition coefficient (Wildman–Crippen LogP) is 1.37. The average molecular weight is 242 g/mol. The molecule has 0 saturated carbocycles. The summed E-state index contributed by atoms with van der Waals surface area (Å²) in [7, 11) is 0. The minimum Gasteiger partial charge on any atom is -0.355 e. The van der Waals surface area contributed by atoms with Gasteiger partial charge in [-0.15, -0.1) is 0 Å². The molecule has 1 aliphatic heterocycles. The quantitative estimate of drug-likeness (QED) is 0.820. The number of fused-ring (bicyclic) bond motifs is 1. The van der Waals surface area contributed by atoms with Crippen molar-refractivity contribution in [3.8, 4) is 11.3 Å². The van der Waals surface area contributed by atoms with Crippen LogP contribution >= 0.6 is 0 Å². The molecule has 0 amide bonds. The number of nitrogens with one attached hydrogen (secondary N) is 1. The third kappa shape index (κ3) is 1.88. The number of aromatic nitrogens is 3. The van der Waals surface area contributed by atoms with Gasteiger partial charge in [-0.2, -0.15) is 0 Å². The Bertz CT molecular complexity index is 621. The van der Waals surface area contributed by atoms with Gasteiger partial charge in [0, 0.05) is 37.1 Å². The van der Waals surface area contributed by atoms with Crippen molar-refractivity contribution in [3.05, 3.63) is 40.9 Å². The predicted molar refractivity (Wildman–Crippen MR) is 69.4 cm³/mol. The number of pyridine rings is 1. The van der Waals surface area contributed by atoms with Crippen LogP contribution < -0.4 is 10.9 Å². The first-order valence-corrected chi connectivity index (χ1v) is 6.00. The maximum atomic E-state index is 12.1. The third-order valence-corrected chi connectivity index (χ3v) is 3.09. The van der Waals surface area contributed by atoms with Gasteiger partial charge in [-0.25, -0.2) is 4.98 Å². The average Bonchev–Trinajstić information content (AvgIpc) is 2.40. The lowest BCUT2D eigenvalue weighted by Crippen LogP contribution is -2.34. The van der Waals surface area contributed by atoms with E-state index in [-0.39, 0.29) is 5.56 Å². The first-order valence-electron chi connectivity index (χ1n) is 6.00. The Morgan fingerprint density at radius 3 is 2.94 bits per heavy atom. The monoisotopic (exact) mass is 242 g/mol. The molecule has 5 heteroatoms. The summed E-state index contributed by atoms with van der Waals surface area (Å²) >= 11 is 0. The molecule has 2 aromatic heterocycles. The molecule has 3 heterocycles. The van der Waals surface area contributed by atoms with E-state index in [0.29, 0.717) is 17.6 Å². The second kappa shape index (κ2) is 4.25. The molecule has 1 atom stereocenters. The van der Waals surface area contributed by atoms with Crippen LogP contribution in [0, 0.1) is 5.92 Å². The second-order valence-electron chi connectivity index (χ2n) is 4.64. The van der Waals surface area contributed by atoms with Crippen LogP contribution in [0.4, 0.5) is 5.95 Å². The van der Waals surface area contributed by atoms with Gasteiger partial charge < -0.3 is 5.32 Å². The number of hydrogen-bond acceptors (Lipinski definition) is 4. The van der Waals surface area contributed by atoms with E-state index in [1.54, 1.807) is 23.0 Å². The summed E-state index contributed by atoms with van der Waals surface area (Å²) in [6, 6.07) is 5.28. The molecule has 92 valence electrons. The molecule has 0 saturated heterocycles. The van der Waals surface area contributed by atoms with Crippen molar-refractivity contribution in [2.75, 3.05) is 11.9 Å². The van der Waals surface area contributed by atoms with Crippen molar-refractivity contribution in [1.29, 1.82) is 0 Å². The molecule has 0 fully saturated rings. The molecule has 0 bridgehead atoms. The Kier molecular flexibility index (Phi) is 2.59. The maximum absolute atomic E-state index is 12.1. The van der Waals surface area contributed by atoms with Gasteiger partial charge in [0.15, 0.2) is 0 Å². The Balaban J connectivity index is 2.10. The van der Waals surface area contributed by atoms with E-state index >= 15 is 0 Å². The molecule has 3 rings (SSSR count). The molecule has 1 unspecified atom stereocenters. The third-order valence-electron chi connectivity index (χ3n) is 3.09. The number of rotatable bonds is 1. The highest BCUT2D eigenvalue weighted by Gasteiger charge is 2.17. The largest absolute Gasteiger partial charge is 0.355 e. The highest BCUT2D eigenvalue weighted by molar-refractivity contribution is 5.59. The van der Waals surface area contributed by atoms with Crippen molar-refractivity contribution in [3.63, 3.8) is 0 Å². The zero-order valence-electron chi connectivity index (χ0n) is 10.1. The molecule has 2 aromatic rings. The van der Waals surface area contributed by atoms with E-state index in [1.165, 1.54) is 0 Å². The molecule has 0 spiro atoms. The first kappa shape index (κ1) is 11.0. The number of hydrogen-bond donors (Lipinski definition) is 1. The van der Waals surface area contributed by atoms with Crippen molar-refractivity contribution in [1.82, 2.24) is 14.5 Å². The fraction of sp³-hybridized carbons (Fsp3) is 0.308. The van der Waals surface area contributed by atoms with Gasteiger partial charge in [0.05, 0.1) is 5.69 Å². The summed E-state index contributed by atoms with van der Waals surface area (Å²) in [5.41, 5.74) is 1.59. The number of nitrogens with zero attached hydrogens (tertiary/aromatic N) is 3. The van der Waals surface area contributed by atoms with Gasteiger partial charge in [-0.3, -0.25) is 14.3 Å². The SMILES string of the molecule is CC1CNc2nc(-c3ccncc3)cc(=O)n2C1. The molecular formula is C13H14N4O. The van der Waals surface area contributed by atoms with Crippen LogP contribution in [0.25, 0.3) is 11.3 Å². The van der Waals surface area contributed by atoms with Gasteiger partial charge >= 0.3 is 0 Å². The normalized spacial score (nSPS) is 17.9. The highest BCUT2D eigenvalue weighted by Crippen LogP contribution is 2.18. The molecule has 18 heavy (non-hydrogen) atoms. The van der Waals surface area contributed by atoms with Crippen LogP contribution in [0.5, 0.6) is 0 Å². The summed E-state index contributed by atoms with van der Waals surface area (Å²) in [4.78, 5) is 20.5. The van der Waals surface area contributed by atoms with E-state index in [1.807, 2.05) is 12.1 Å². The van der Waals surface area contributed by atoms with E-state index in [0.717, 1.165) is 18.7 Å². The second-order valence-corrected chi connectivity index (χ2v) is 4.64. The van der Waals surface area contributed by atoms with Crippen LogP contribution in [0.3, 0.4) is 0 Å². The van der Waals surface area contributed by atoms with E-state index in [2.05, 4.69) is 22.2 Å². The van der Waals surface area contributed by atoms with Crippen molar-refractivity contribution < 1.29 is 0 Å². The minimum atomic E-state index is -0.00846. The highest BCUT2D eigenvalue weighted by atomic mass is 16.1. The maximum Gasteiger partial charge on any atom is 0.255 e. The first-order chi connectivity index (χ1) is 8.74. The van der Waals surface area contributed by atoms with Crippen LogP contribution in [-0.2, 0) is 6.54 Å². The lowest BCUT2D eigenvalue weighted by atomic mass is 10.1. The fourth-order valence-electron chi connectivity index (χ4n) is 2.13. The van der Waals surface area contributed by atoms with Crippen LogP contribution in [0.1, 0.15) is 6.92 Å². The number of anilines is 1. The molecular weight excluding hydrogens is 228 g/mol. The van der Waals surface area contributed by atoms with Crippen LogP contribution in [-0.4, -0.2) is 21.1 Å². The van der Waals surface area contributed by atoms with Gasteiger partial charge in [0.2, 0.25) is 5.95 Å². The van der Waals surface area contributed by atoms with Crippen LogP contribution in [0.2, 0.25) is 0 Å². The fourth-order valence-corrected chi connectivity index (χ4v) is 2.13. The van der Waals surface area contributed by atoms with E-state index in [4.69, 9.17) is 0 Å². The van der Waals surface area contributed by atoms with Crippen LogP contribution in [0.15, 0.2) is 35.4 Å². The zero-order chi connectivity index (χ0) is 12.5. The van der Waals surface area contributed by atoms with E-state index in [9.17, 15) is 4.79 Å². The lowest BCUT2D eigenvalue weighted by molar-refractivity contribution is 0.462. The summed E-state index contributed by atoms with van der Waals surface area (Å²) in [5.74, 6) is 1.11. The van der Waals surface area contributed by atoms with E-state index < -0.39 is 0 Å². The molecule has 5 nitrogen and oxygen atoms in total. The lowest BCUT2D eigenvalue weighted by Gasteiger charge is -2.24. The Hall–Kier alpha value is -2.17. The standard InChI is InChI=1S/C13H14N4O/c1-9-7-15-13-16-11(6-12(18)17(13)8-9)10-2-4-14-5-3-10/h2-6,9H,7-8H2,1H3,(H,15,16). The van der Waals surface area contributed by atoms with Crippen molar-refractivity contribution in [2.45, 2.75) is 13.5 Å². The molecule has 0 aromatic carbocycles. The summed E-state index contributed by atoms with van der Waals surface area (Å²) in [6.07, 6.45) is 3.40. The smallest absolute Gasteiger partial charge is 0.255 e. The van der Waals surface area contributed by atoms with Gasteiger partial charge in [-0.1, -0.05) is 6.92 Å². The molecule has 0 radical (unpaired) electrons.